The molecule has 0 bridgehead atoms. The molecule has 1 aromatic carbocycles. The van der Waals surface area contributed by atoms with Crippen molar-refractivity contribution in [3.05, 3.63) is 49.1 Å². The van der Waals surface area contributed by atoms with Crippen molar-refractivity contribution < 1.29 is 4.79 Å². The van der Waals surface area contributed by atoms with Gasteiger partial charge in [0.05, 0.1) is 4.88 Å². The average molecular weight is 350 g/mol. The molecule has 2 aromatic rings. The molecule has 1 aliphatic carbocycles. The lowest BCUT2D eigenvalue weighted by Crippen LogP contribution is -2.12. The van der Waals surface area contributed by atoms with Gasteiger partial charge in [0.1, 0.15) is 0 Å². The number of hydrogen-bond donors (Lipinski definition) is 1. The number of aryl methyl sites for hydroxylation is 4. The van der Waals surface area contributed by atoms with E-state index in [4.69, 9.17) is 0 Å². The quantitative estimate of drug-likeness (QED) is 0.823. The van der Waals surface area contributed by atoms with Gasteiger partial charge in [0.25, 0.3) is 5.91 Å². The summed E-state index contributed by atoms with van der Waals surface area (Å²) in [5.41, 5.74) is 4.44. The zero-order valence-corrected chi connectivity index (χ0v) is 14.0. The van der Waals surface area contributed by atoms with Crippen LogP contribution in [0.1, 0.15) is 37.7 Å². The third kappa shape index (κ3) is 2.54. The number of halogens is 1. The van der Waals surface area contributed by atoms with Gasteiger partial charge < -0.3 is 5.32 Å². The Hall–Kier alpha value is -1.13. The van der Waals surface area contributed by atoms with Crippen LogP contribution in [-0.4, -0.2) is 5.91 Å². The predicted octanol–water partition coefficient (Wildman–Crippen LogP) is 4.87. The van der Waals surface area contributed by atoms with Gasteiger partial charge >= 0.3 is 0 Å². The fourth-order valence-corrected chi connectivity index (χ4v) is 4.56. The van der Waals surface area contributed by atoms with Crippen LogP contribution >= 0.6 is 27.3 Å². The molecule has 0 spiro atoms. The van der Waals surface area contributed by atoms with E-state index in [1.807, 2.05) is 26.0 Å². The van der Waals surface area contributed by atoms with Crippen LogP contribution in [0.15, 0.2) is 22.7 Å². The Morgan fingerprint density at radius 2 is 1.90 bits per heavy atom. The molecule has 1 heterocycles. The number of benzene rings is 1. The number of carbonyl (C=O) groups is 1. The number of nitrogens with one attached hydrogen (secondary N) is 1. The van der Waals surface area contributed by atoms with Crippen molar-refractivity contribution in [2.45, 2.75) is 33.1 Å². The third-order valence-corrected chi connectivity index (χ3v) is 5.40. The minimum Gasteiger partial charge on any atom is -0.321 e. The fraction of sp³-hybridized carbons (Fsp3) is 0.312. The Balaban J connectivity index is 1.85. The number of anilines is 1. The first kappa shape index (κ1) is 13.8. The van der Waals surface area contributed by atoms with Crippen LogP contribution in [0.5, 0.6) is 0 Å². The highest BCUT2D eigenvalue weighted by molar-refractivity contribution is 9.10. The predicted molar refractivity (Wildman–Crippen MR) is 87.9 cm³/mol. The zero-order valence-electron chi connectivity index (χ0n) is 11.5. The van der Waals surface area contributed by atoms with Crippen molar-refractivity contribution in [2.24, 2.45) is 0 Å². The van der Waals surface area contributed by atoms with Crippen molar-refractivity contribution in [3.8, 4) is 0 Å². The van der Waals surface area contributed by atoms with Crippen molar-refractivity contribution in [1.29, 1.82) is 0 Å². The monoisotopic (exact) mass is 349 g/mol. The number of amides is 1. The molecule has 1 N–H and O–H groups in total. The maximum absolute atomic E-state index is 12.4. The first-order valence-electron chi connectivity index (χ1n) is 6.74. The highest BCUT2D eigenvalue weighted by Crippen LogP contribution is 2.32. The molecule has 1 amide bonds. The molecular weight excluding hydrogens is 334 g/mol. The Bertz CT molecular complexity index is 645. The molecule has 0 fully saturated rings. The van der Waals surface area contributed by atoms with Gasteiger partial charge in [0.2, 0.25) is 0 Å². The fourth-order valence-electron chi connectivity index (χ4n) is 2.72. The van der Waals surface area contributed by atoms with Crippen molar-refractivity contribution >= 4 is 38.9 Å². The Morgan fingerprint density at radius 3 is 2.55 bits per heavy atom. The largest absolute Gasteiger partial charge is 0.321 e. The number of hydrogen-bond acceptors (Lipinski definition) is 2. The summed E-state index contributed by atoms with van der Waals surface area (Å²) >= 11 is 5.12. The van der Waals surface area contributed by atoms with Gasteiger partial charge in [-0.25, -0.2) is 0 Å². The van der Waals surface area contributed by atoms with E-state index in [2.05, 4.69) is 27.3 Å². The molecule has 1 aromatic heterocycles. The molecule has 1 aliphatic rings. The van der Waals surface area contributed by atoms with E-state index in [1.54, 1.807) is 11.3 Å². The summed E-state index contributed by atoms with van der Waals surface area (Å²) in [4.78, 5) is 14.6. The Morgan fingerprint density at radius 1 is 1.20 bits per heavy atom. The lowest BCUT2D eigenvalue weighted by molar-refractivity contribution is 0.103. The number of rotatable bonds is 2. The molecule has 3 rings (SSSR count). The van der Waals surface area contributed by atoms with Gasteiger partial charge in [-0.05, 0) is 68.0 Å². The lowest BCUT2D eigenvalue weighted by atomic mass is 10.1. The summed E-state index contributed by atoms with van der Waals surface area (Å²) in [6, 6.07) is 6.11. The molecule has 0 unspecified atom stereocenters. The van der Waals surface area contributed by atoms with Gasteiger partial charge in [0.15, 0.2) is 0 Å². The molecule has 20 heavy (non-hydrogen) atoms. The molecule has 104 valence electrons. The lowest BCUT2D eigenvalue weighted by Gasteiger charge is -2.11. The van der Waals surface area contributed by atoms with Gasteiger partial charge in [-0.1, -0.05) is 15.9 Å². The van der Waals surface area contributed by atoms with Crippen molar-refractivity contribution in [3.63, 3.8) is 0 Å². The average Bonchev–Trinajstić information content (AvgIpc) is 2.93. The van der Waals surface area contributed by atoms with Crippen molar-refractivity contribution in [1.82, 2.24) is 0 Å². The molecule has 0 aliphatic heterocycles. The van der Waals surface area contributed by atoms with E-state index in [0.717, 1.165) is 39.0 Å². The van der Waals surface area contributed by atoms with Crippen LogP contribution < -0.4 is 5.32 Å². The van der Waals surface area contributed by atoms with E-state index >= 15 is 0 Å². The number of thiophene rings is 1. The summed E-state index contributed by atoms with van der Waals surface area (Å²) in [6.07, 6.45) is 3.48. The normalized spacial score (nSPS) is 13.3. The van der Waals surface area contributed by atoms with Gasteiger partial charge in [0, 0.05) is 15.0 Å². The smallest absolute Gasteiger partial charge is 0.265 e. The van der Waals surface area contributed by atoms with Crippen molar-refractivity contribution in [2.75, 3.05) is 5.32 Å². The molecule has 4 heteroatoms. The van der Waals surface area contributed by atoms with Crippen LogP contribution in [0.2, 0.25) is 0 Å². The third-order valence-electron chi connectivity index (χ3n) is 3.71. The molecule has 0 saturated carbocycles. The summed E-state index contributed by atoms with van der Waals surface area (Å²) < 4.78 is 1.04. The van der Waals surface area contributed by atoms with Crippen LogP contribution in [-0.2, 0) is 12.8 Å². The topological polar surface area (TPSA) is 29.1 Å². The second-order valence-electron chi connectivity index (χ2n) is 5.28. The van der Waals surface area contributed by atoms with Gasteiger partial charge in [-0.2, -0.15) is 0 Å². The SMILES string of the molecule is Cc1cc(Br)cc(C)c1NC(=O)c1cc2c(s1)CCC2. The molecular formula is C16H16BrNOS. The van der Waals surface area contributed by atoms with Gasteiger partial charge in [-0.15, -0.1) is 11.3 Å². The van der Waals surface area contributed by atoms with Crippen LogP contribution in [0.4, 0.5) is 5.69 Å². The van der Waals surface area contributed by atoms with Crippen LogP contribution in [0, 0.1) is 13.8 Å². The van der Waals surface area contributed by atoms with E-state index < -0.39 is 0 Å². The summed E-state index contributed by atoms with van der Waals surface area (Å²) in [5, 5.41) is 3.06. The van der Waals surface area contributed by atoms with E-state index in [-0.39, 0.29) is 5.91 Å². The second kappa shape index (κ2) is 5.34. The first-order chi connectivity index (χ1) is 9.54. The Kier molecular flexibility index (Phi) is 3.69. The molecule has 2 nitrogen and oxygen atoms in total. The summed E-state index contributed by atoms with van der Waals surface area (Å²) in [5.74, 6) is 0.0120. The number of fused-ring (bicyclic) bond motifs is 1. The number of carbonyl (C=O) groups excluding carboxylic acids is 1. The van der Waals surface area contributed by atoms with Gasteiger partial charge in [-0.3, -0.25) is 4.79 Å². The van der Waals surface area contributed by atoms with E-state index in [0.29, 0.717) is 0 Å². The zero-order chi connectivity index (χ0) is 14.3. The molecule has 0 saturated heterocycles. The first-order valence-corrected chi connectivity index (χ1v) is 8.35. The van der Waals surface area contributed by atoms with Crippen LogP contribution in [0.25, 0.3) is 0 Å². The Labute approximate surface area is 131 Å². The van der Waals surface area contributed by atoms with E-state index in [9.17, 15) is 4.79 Å². The maximum Gasteiger partial charge on any atom is 0.265 e. The highest BCUT2D eigenvalue weighted by atomic mass is 79.9. The highest BCUT2D eigenvalue weighted by Gasteiger charge is 2.19. The minimum absolute atomic E-state index is 0.0120. The standard InChI is InChI=1S/C16H16BrNOS/c1-9-6-12(17)7-10(2)15(9)18-16(19)14-8-11-4-3-5-13(11)20-14/h6-8H,3-5H2,1-2H3,(H,18,19). The maximum atomic E-state index is 12.4. The van der Waals surface area contributed by atoms with Crippen LogP contribution in [0.3, 0.4) is 0 Å². The summed E-state index contributed by atoms with van der Waals surface area (Å²) in [6.45, 7) is 4.03. The molecule has 0 atom stereocenters. The molecule has 0 radical (unpaired) electrons. The second-order valence-corrected chi connectivity index (χ2v) is 7.33. The minimum atomic E-state index is 0.0120. The summed E-state index contributed by atoms with van der Waals surface area (Å²) in [7, 11) is 0. The van der Waals surface area contributed by atoms with E-state index in [1.165, 1.54) is 16.9 Å².